The van der Waals surface area contributed by atoms with Gasteiger partial charge in [0.15, 0.2) is 5.13 Å². The van der Waals surface area contributed by atoms with E-state index in [1.807, 2.05) is 12.1 Å². The summed E-state index contributed by atoms with van der Waals surface area (Å²) in [5, 5.41) is 3.69. The van der Waals surface area contributed by atoms with Crippen LogP contribution in [-0.4, -0.2) is 23.4 Å². The number of hydrogen-bond acceptors (Lipinski definition) is 5. The summed E-state index contributed by atoms with van der Waals surface area (Å²) in [4.78, 5) is 9.48. The summed E-state index contributed by atoms with van der Waals surface area (Å²) in [6, 6.07) is 9.37. The maximum Gasteiger partial charge on any atom is 0.573 e. The van der Waals surface area contributed by atoms with Gasteiger partial charge in [0.05, 0.1) is 10.6 Å². The molecule has 3 aromatic rings. The third kappa shape index (κ3) is 3.65. The van der Waals surface area contributed by atoms with Gasteiger partial charge in [0.2, 0.25) is 0 Å². The van der Waals surface area contributed by atoms with E-state index in [4.69, 9.17) is 0 Å². The SMILES string of the molecule is CNc1nc(-c2ccc(OC(F)(F)F)cc2)c(-c2cccnc2)s1. The highest BCUT2D eigenvalue weighted by molar-refractivity contribution is 7.19. The average molecular weight is 351 g/mol. The minimum atomic E-state index is -4.71. The number of aromatic nitrogens is 2. The van der Waals surface area contributed by atoms with E-state index in [0.29, 0.717) is 16.4 Å². The van der Waals surface area contributed by atoms with Gasteiger partial charge in [-0.05, 0) is 30.3 Å². The normalized spacial score (nSPS) is 11.3. The van der Waals surface area contributed by atoms with E-state index in [0.717, 1.165) is 10.4 Å². The first-order valence-electron chi connectivity index (χ1n) is 6.91. The van der Waals surface area contributed by atoms with Gasteiger partial charge >= 0.3 is 6.36 Å². The topological polar surface area (TPSA) is 47.0 Å². The minimum absolute atomic E-state index is 0.266. The van der Waals surface area contributed by atoms with Gasteiger partial charge in [0.1, 0.15) is 5.75 Å². The van der Waals surface area contributed by atoms with Crippen molar-refractivity contribution in [2.45, 2.75) is 6.36 Å². The molecule has 0 unspecified atom stereocenters. The van der Waals surface area contributed by atoms with Crippen molar-refractivity contribution in [1.82, 2.24) is 9.97 Å². The highest BCUT2D eigenvalue weighted by Crippen LogP contribution is 2.39. The lowest BCUT2D eigenvalue weighted by atomic mass is 10.1. The van der Waals surface area contributed by atoms with Crippen molar-refractivity contribution in [3.8, 4) is 27.4 Å². The largest absolute Gasteiger partial charge is 0.573 e. The van der Waals surface area contributed by atoms with E-state index in [1.165, 1.54) is 23.5 Å². The Bertz CT molecular complexity index is 817. The molecule has 0 atom stereocenters. The second-order valence-electron chi connectivity index (χ2n) is 4.76. The number of hydrogen-bond donors (Lipinski definition) is 1. The van der Waals surface area contributed by atoms with Gasteiger partial charge in [-0.1, -0.05) is 17.4 Å². The highest BCUT2D eigenvalue weighted by atomic mass is 32.1. The van der Waals surface area contributed by atoms with Crippen LogP contribution in [0.25, 0.3) is 21.7 Å². The molecule has 8 heteroatoms. The fraction of sp³-hybridized carbons (Fsp3) is 0.125. The Labute approximate surface area is 140 Å². The average Bonchev–Trinajstić information content (AvgIpc) is 2.99. The number of alkyl halides is 3. The fourth-order valence-corrected chi connectivity index (χ4v) is 3.06. The van der Waals surface area contributed by atoms with Gasteiger partial charge in [-0.2, -0.15) is 0 Å². The van der Waals surface area contributed by atoms with Crippen LogP contribution in [0.15, 0.2) is 48.8 Å². The van der Waals surface area contributed by atoms with Crippen LogP contribution in [-0.2, 0) is 0 Å². The summed E-state index contributed by atoms with van der Waals surface area (Å²) in [6.45, 7) is 0. The number of nitrogens with one attached hydrogen (secondary N) is 1. The second-order valence-corrected chi connectivity index (χ2v) is 5.76. The standard InChI is InChI=1S/C16H12F3N3OS/c1-20-15-22-13(14(24-15)11-3-2-8-21-9-11)10-4-6-12(7-5-10)23-16(17,18)19/h2-9H,1H3,(H,20,22). The van der Waals surface area contributed by atoms with Crippen LogP contribution in [0.1, 0.15) is 0 Å². The summed E-state index contributed by atoms with van der Waals surface area (Å²) >= 11 is 1.45. The molecule has 3 rings (SSSR count). The zero-order chi connectivity index (χ0) is 17.2. The van der Waals surface area contributed by atoms with E-state index >= 15 is 0 Å². The molecule has 2 aromatic heterocycles. The fourth-order valence-electron chi connectivity index (χ4n) is 2.13. The molecule has 0 amide bonds. The smallest absolute Gasteiger partial charge is 0.406 e. The molecule has 1 N–H and O–H groups in total. The lowest BCUT2D eigenvalue weighted by Crippen LogP contribution is -2.16. The molecule has 24 heavy (non-hydrogen) atoms. The molecule has 0 radical (unpaired) electrons. The Morgan fingerprint density at radius 2 is 1.83 bits per heavy atom. The maximum atomic E-state index is 12.3. The number of rotatable bonds is 4. The van der Waals surface area contributed by atoms with Crippen molar-refractivity contribution in [3.05, 3.63) is 48.8 Å². The molecule has 1 aromatic carbocycles. The quantitative estimate of drug-likeness (QED) is 0.733. The Hall–Kier alpha value is -2.61. The van der Waals surface area contributed by atoms with Gasteiger partial charge in [-0.3, -0.25) is 4.98 Å². The maximum absolute atomic E-state index is 12.3. The summed E-state index contributed by atoms with van der Waals surface area (Å²) in [7, 11) is 1.76. The van der Waals surface area contributed by atoms with Crippen molar-refractivity contribution in [2.75, 3.05) is 12.4 Å². The van der Waals surface area contributed by atoms with Crippen molar-refractivity contribution < 1.29 is 17.9 Å². The lowest BCUT2D eigenvalue weighted by molar-refractivity contribution is -0.274. The van der Waals surface area contributed by atoms with E-state index in [9.17, 15) is 13.2 Å². The molecule has 0 aliphatic heterocycles. The molecule has 0 fully saturated rings. The van der Waals surface area contributed by atoms with Crippen molar-refractivity contribution in [1.29, 1.82) is 0 Å². The number of halogens is 3. The molecule has 0 saturated heterocycles. The van der Waals surface area contributed by atoms with E-state index in [1.54, 1.807) is 31.6 Å². The number of ether oxygens (including phenoxy) is 1. The first kappa shape index (κ1) is 16.3. The van der Waals surface area contributed by atoms with Crippen LogP contribution >= 0.6 is 11.3 Å². The molecular weight excluding hydrogens is 339 g/mol. The minimum Gasteiger partial charge on any atom is -0.406 e. The first-order chi connectivity index (χ1) is 11.5. The molecule has 0 aliphatic carbocycles. The highest BCUT2D eigenvalue weighted by Gasteiger charge is 2.31. The zero-order valence-electron chi connectivity index (χ0n) is 12.5. The summed E-state index contributed by atoms with van der Waals surface area (Å²) in [6.07, 6.45) is -1.31. The first-order valence-corrected chi connectivity index (χ1v) is 7.73. The van der Waals surface area contributed by atoms with Gasteiger partial charge in [0, 0.05) is 30.6 Å². The number of benzene rings is 1. The van der Waals surface area contributed by atoms with E-state index < -0.39 is 6.36 Å². The molecule has 0 spiro atoms. The van der Waals surface area contributed by atoms with Gasteiger partial charge < -0.3 is 10.1 Å². The van der Waals surface area contributed by atoms with Crippen molar-refractivity contribution in [3.63, 3.8) is 0 Å². The van der Waals surface area contributed by atoms with E-state index in [2.05, 4.69) is 20.0 Å². The number of thiazole rings is 1. The van der Waals surface area contributed by atoms with Gasteiger partial charge in [-0.25, -0.2) is 4.98 Å². The summed E-state index contributed by atoms with van der Waals surface area (Å²) < 4.78 is 40.6. The molecule has 4 nitrogen and oxygen atoms in total. The Morgan fingerprint density at radius 3 is 2.42 bits per heavy atom. The lowest BCUT2D eigenvalue weighted by Gasteiger charge is -2.09. The van der Waals surface area contributed by atoms with Crippen LogP contribution < -0.4 is 10.1 Å². The molecule has 2 heterocycles. The summed E-state index contributed by atoms with van der Waals surface area (Å²) in [5.74, 6) is -0.266. The Balaban J connectivity index is 1.98. The van der Waals surface area contributed by atoms with E-state index in [-0.39, 0.29) is 5.75 Å². The van der Waals surface area contributed by atoms with Gasteiger partial charge in [-0.15, -0.1) is 13.2 Å². The molecule has 0 saturated carbocycles. The molecule has 124 valence electrons. The van der Waals surface area contributed by atoms with Crippen LogP contribution in [0, 0.1) is 0 Å². The molecule has 0 bridgehead atoms. The van der Waals surface area contributed by atoms with Crippen molar-refractivity contribution in [2.24, 2.45) is 0 Å². The Morgan fingerprint density at radius 1 is 1.08 bits per heavy atom. The number of nitrogens with zero attached hydrogens (tertiary/aromatic N) is 2. The zero-order valence-corrected chi connectivity index (χ0v) is 13.3. The van der Waals surface area contributed by atoms with Crippen LogP contribution in [0.5, 0.6) is 5.75 Å². The Kier molecular flexibility index (Phi) is 4.39. The summed E-state index contributed by atoms with van der Waals surface area (Å²) in [5.41, 5.74) is 2.26. The third-order valence-electron chi connectivity index (χ3n) is 3.13. The number of anilines is 1. The monoisotopic (exact) mass is 351 g/mol. The predicted molar refractivity (Wildman–Crippen MR) is 87.0 cm³/mol. The van der Waals surface area contributed by atoms with Gasteiger partial charge in [0.25, 0.3) is 0 Å². The van der Waals surface area contributed by atoms with Crippen LogP contribution in [0.4, 0.5) is 18.3 Å². The van der Waals surface area contributed by atoms with Crippen molar-refractivity contribution >= 4 is 16.5 Å². The van der Waals surface area contributed by atoms with Crippen LogP contribution in [0.3, 0.4) is 0 Å². The predicted octanol–water partition coefficient (Wildman–Crippen LogP) is 4.81. The second kappa shape index (κ2) is 6.48. The molecular formula is C16H12F3N3OS. The van der Waals surface area contributed by atoms with Crippen LogP contribution in [0.2, 0.25) is 0 Å². The molecule has 0 aliphatic rings. The number of pyridine rings is 1. The third-order valence-corrected chi connectivity index (χ3v) is 4.25.